The Kier molecular flexibility index (Phi) is 4.12. The lowest BCUT2D eigenvalue weighted by molar-refractivity contribution is -0.117. The van der Waals surface area contributed by atoms with Crippen molar-refractivity contribution in [1.82, 2.24) is 0 Å². The van der Waals surface area contributed by atoms with Crippen molar-refractivity contribution < 1.29 is 13.6 Å². The molecule has 25 heavy (non-hydrogen) atoms. The van der Waals surface area contributed by atoms with Gasteiger partial charge in [0.15, 0.2) is 0 Å². The Morgan fingerprint density at radius 2 is 1.88 bits per heavy atom. The molecule has 130 valence electrons. The van der Waals surface area contributed by atoms with Crippen molar-refractivity contribution in [1.29, 1.82) is 0 Å². The van der Waals surface area contributed by atoms with Gasteiger partial charge in [-0.3, -0.25) is 4.79 Å². The van der Waals surface area contributed by atoms with Crippen LogP contribution in [0.25, 0.3) is 0 Å². The number of anilines is 2. The van der Waals surface area contributed by atoms with Crippen molar-refractivity contribution in [3.63, 3.8) is 0 Å². The Labute approximate surface area is 149 Å². The van der Waals surface area contributed by atoms with Crippen LogP contribution in [0.4, 0.5) is 20.2 Å². The molecule has 4 rings (SSSR count). The number of nitrogens with one attached hydrogen (secondary N) is 2. The third-order valence-electron chi connectivity index (χ3n) is 4.67. The number of rotatable bonds is 5. The molecular formula is C19H17ClF2N2O. The smallest absolute Gasteiger partial charge is 0.228 e. The second kappa shape index (κ2) is 6.30. The van der Waals surface area contributed by atoms with Gasteiger partial charge in [0, 0.05) is 23.0 Å². The van der Waals surface area contributed by atoms with Crippen LogP contribution in [0.3, 0.4) is 0 Å². The second-order valence-electron chi connectivity index (χ2n) is 6.71. The molecule has 0 bridgehead atoms. The molecule has 2 N–H and O–H groups in total. The highest BCUT2D eigenvalue weighted by molar-refractivity contribution is 6.31. The third-order valence-corrected chi connectivity index (χ3v) is 4.90. The maximum Gasteiger partial charge on any atom is 0.228 e. The maximum absolute atomic E-state index is 13.9. The fourth-order valence-electron chi connectivity index (χ4n) is 3.05. The largest absolute Gasteiger partial charge is 0.381 e. The normalized spacial score (nSPS) is 21.7. The number of amides is 1. The number of carbonyl (C=O) groups is 1. The van der Waals surface area contributed by atoms with Crippen LogP contribution in [0.15, 0.2) is 36.4 Å². The van der Waals surface area contributed by atoms with Crippen LogP contribution >= 0.6 is 11.6 Å². The highest BCUT2D eigenvalue weighted by Crippen LogP contribution is 2.49. The van der Waals surface area contributed by atoms with Gasteiger partial charge in [-0.05, 0) is 55.0 Å². The molecule has 3 nitrogen and oxygen atoms in total. The molecule has 0 heterocycles. The van der Waals surface area contributed by atoms with Gasteiger partial charge < -0.3 is 10.6 Å². The molecule has 0 unspecified atom stereocenters. The van der Waals surface area contributed by atoms with Gasteiger partial charge in [0.1, 0.15) is 11.6 Å². The lowest BCUT2D eigenvalue weighted by Crippen LogP contribution is -2.16. The van der Waals surface area contributed by atoms with Crippen molar-refractivity contribution in [2.45, 2.75) is 31.2 Å². The van der Waals surface area contributed by atoms with E-state index in [-0.39, 0.29) is 17.7 Å². The van der Waals surface area contributed by atoms with Gasteiger partial charge in [0.05, 0.1) is 11.4 Å². The lowest BCUT2D eigenvalue weighted by Gasteiger charge is -2.13. The molecule has 2 saturated carbocycles. The average Bonchev–Trinajstić information content (AvgIpc) is 3.44. The third kappa shape index (κ3) is 3.61. The van der Waals surface area contributed by atoms with Gasteiger partial charge in [-0.25, -0.2) is 8.78 Å². The number of carbonyl (C=O) groups excluding carboxylic acids is 1. The minimum atomic E-state index is -0.613. The highest BCUT2D eigenvalue weighted by atomic mass is 35.5. The summed E-state index contributed by atoms with van der Waals surface area (Å²) < 4.78 is 26.9. The van der Waals surface area contributed by atoms with Gasteiger partial charge in [-0.1, -0.05) is 17.7 Å². The minimum Gasteiger partial charge on any atom is -0.381 e. The molecule has 0 saturated heterocycles. The molecule has 2 aliphatic rings. The topological polar surface area (TPSA) is 41.1 Å². The van der Waals surface area contributed by atoms with E-state index in [1.807, 2.05) is 6.07 Å². The fourth-order valence-corrected chi connectivity index (χ4v) is 3.22. The van der Waals surface area contributed by atoms with E-state index in [2.05, 4.69) is 10.6 Å². The Bertz CT molecular complexity index is 838. The van der Waals surface area contributed by atoms with Gasteiger partial charge in [0.25, 0.3) is 0 Å². The van der Waals surface area contributed by atoms with Gasteiger partial charge >= 0.3 is 0 Å². The summed E-state index contributed by atoms with van der Waals surface area (Å²) in [5.74, 6) is -1.90. The first-order chi connectivity index (χ1) is 12.0. The molecule has 6 heteroatoms. The van der Waals surface area contributed by atoms with Gasteiger partial charge in [-0.15, -0.1) is 0 Å². The van der Waals surface area contributed by atoms with Crippen LogP contribution < -0.4 is 10.6 Å². The molecule has 1 amide bonds. The number of hydrogen-bond donors (Lipinski definition) is 2. The summed E-state index contributed by atoms with van der Waals surface area (Å²) in [7, 11) is 0. The van der Waals surface area contributed by atoms with E-state index in [4.69, 9.17) is 11.6 Å². The number of halogens is 3. The standard InChI is InChI=1S/C19H17ClF2N2O/c20-10-1-6-17(23-12-3-4-12)18(7-10)24-19(25)15-9-14(15)13-5-2-11(21)8-16(13)22/h1-2,5-8,12,14-15,23H,3-4,9H2,(H,24,25)/t14-,15+/m0/s1. The monoisotopic (exact) mass is 362 g/mol. The van der Waals surface area contributed by atoms with Crippen molar-refractivity contribution in [2.24, 2.45) is 5.92 Å². The van der Waals surface area contributed by atoms with Crippen LogP contribution in [0.2, 0.25) is 5.02 Å². The summed E-state index contributed by atoms with van der Waals surface area (Å²) in [4.78, 5) is 12.5. The zero-order valence-corrected chi connectivity index (χ0v) is 14.1. The first-order valence-electron chi connectivity index (χ1n) is 8.33. The molecular weight excluding hydrogens is 346 g/mol. The van der Waals surface area contributed by atoms with Crippen LogP contribution in [0, 0.1) is 17.6 Å². The Hall–Kier alpha value is -2.14. The van der Waals surface area contributed by atoms with Crippen molar-refractivity contribution in [2.75, 3.05) is 10.6 Å². The van der Waals surface area contributed by atoms with Crippen LogP contribution in [0.5, 0.6) is 0 Å². The maximum atomic E-state index is 13.9. The second-order valence-corrected chi connectivity index (χ2v) is 7.15. The SMILES string of the molecule is O=C(Nc1cc(Cl)ccc1NC1CC1)[C@@H]1C[C@H]1c1ccc(F)cc1F. The van der Waals surface area contributed by atoms with Crippen molar-refractivity contribution in [3.8, 4) is 0 Å². The van der Waals surface area contributed by atoms with Crippen LogP contribution in [-0.4, -0.2) is 11.9 Å². The van der Waals surface area contributed by atoms with E-state index in [0.29, 0.717) is 28.7 Å². The quantitative estimate of drug-likeness (QED) is 0.791. The minimum absolute atomic E-state index is 0.171. The molecule has 2 aromatic rings. The Morgan fingerprint density at radius 3 is 2.60 bits per heavy atom. The van der Waals surface area contributed by atoms with E-state index >= 15 is 0 Å². The van der Waals surface area contributed by atoms with E-state index < -0.39 is 11.6 Å². The molecule has 2 aliphatic carbocycles. The molecule has 2 aromatic carbocycles. The molecule has 0 spiro atoms. The van der Waals surface area contributed by atoms with Crippen LogP contribution in [0.1, 0.15) is 30.7 Å². The van der Waals surface area contributed by atoms with Crippen molar-refractivity contribution >= 4 is 28.9 Å². The van der Waals surface area contributed by atoms with Gasteiger partial charge in [-0.2, -0.15) is 0 Å². The van der Waals surface area contributed by atoms with E-state index in [1.165, 1.54) is 12.1 Å². The Morgan fingerprint density at radius 1 is 1.08 bits per heavy atom. The van der Waals surface area contributed by atoms with E-state index in [1.54, 1.807) is 12.1 Å². The molecule has 0 aliphatic heterocycles. The number of benzene rings is 2. The zero-order valence-electron chi connectivity index (χ0n) is 13.4. The van der Waals surface area contributed by atoms with E-state index in [0.717, 1.165) is 24.6 Å². The summed E-state index contributed by atoms with van der Waals surface area (Å²) in [6.45, 7) is 0. The average molecular weight is 363 g/mol. The fraction of sp³-hybridized carbons (Fsp3) is 0.316. The number of hydrogen-bond acceptors (Lipinski definition) is 2. The summed E-state index contributed by atoms with van der Waals surface area (Å²) >= 11 is 6.04. The Balaban J connectivity index is 1.47. The summed E-state index contributed by atoms with van der Waals surface area (Å²) in [6.07, 6.45) is 2.79. The predicted molar refractivity (Wildman–Crippen MR) is 93.9 cm³/mol. The molecule has 0 radical (unpaired) electrons. The summed E-state index contributed by atoms with van der Waals surface area (Å²) in [5, 5.41) is 6.79. The van der Waals surface area contributed by atoms with E-state index in [9.17, 15) is 13.6 Å². The lowest BCUT2D eigenvalue weighted by atomic mass is 10.1. The van der Waals surface area contributed by atoms with Gasteiger partial charge in [0.2, 0.25) is 5.91 Å². The molecule has 0 aromatic heterocycles. The summed E-state index contributed by atoms with van der Waals surface area (Å²) in [6, 6.07) is 9.27. The first kappa shape index (κ1) is 16.3. The van der Waals surface area contributed by atoms with Crippen LogP contribution in [-0.2, 0) is 4.79 Å². The van der Waals surface area contributed by atoms with Crippen molar-refractivity contribution in [3.05, 3.63) is 58.6 Å². The molecule has 2 fully saturated rings. The predicted octanol–water partition coefficient (Wildman–Crippen LogP) is 4.93. The zero-order chi connectivity index (χ0) is 17.6. The first-order valence-corrected chi connectivity index (χ1v) is 8.71. The molecule has 2 atom stereocenters. The summed E-state index contributed by atoms with van der Waals surface area (Å²) in [5.41, 5.74) is 1.86. The highest BCUT2D eigenvalue weighted by Gasteiger charge is 2.45.